The molecule has 0 aliphatic carbocycles. The number of morpholine rings is 1. The highest BCUT2D eigenvalue weighted by molar-refractivity contribution is 7.89. The Morgan fingerprint density at radius 3 is 2.45 bits per heavy atom. The fourth-order valence-electron chi connectivity index (χ4n) is 3.58. The average molecular weight is 478 g/mol. The van der Waals surface area contributed by atoms with Gasteiger partial charge in [-0.2, -0.15) is 0 Å². The molecule has 3 rings (SSSR count). The lowest BCUT2D eigenvalue weighted by Gasteiger charge is -2.29. The Hall–Kier alpha value is -2.66. The van der Waals surface area contributed by atoms with Crippen molar-refractivity contribution in [3.63, 3.8) is 0 Å². The van der Waals surface area contributed by atoms with Crippen LogP contribution in [0.3, 0.4) is 0 Å². The quantitative estimate of drug-likeness (QED) is 0.521. The topological polar surface area (TPSA) is 97.4 Å². The van der Waals surface area contributed by atoms with Crippen LogP contribution in [0, 0.1) is 0 Å². The molecule has 1 aliphatic rings. The number of anilines is 1. The largest absolute Gasteiger partial charge is 0.495 e. The molecule has 1 heterocycles. The third-order valence-corrected chi connectivity index (χ3v) is 6.86. The number of amides is 1. The number of hydrogen-bond donors (Lipinski definition) is 1. The van der Waals surface area contributed by atoms with Crippen molar-refractivity contribution in [3.8, 4) is 5.75 Å². The SMILES string of the molecule is COCCNS(=O)(=O)c1cc(C(=O)N(C)Cc2ccc(N3CCOCC3)cc2)ccc1OC. The maximum Gasteiger partial charge on any atom is 0.253 e. The minimum atomic E-state index is -3.87. The van der Waals surface area contributed by atoms with Gasteiger partial charge in [-0.05, 0) is 35.9 Å². The second-order valence-corrected chi connectivity index (χ2v) is 9.42. The van der Waals surface area contributed by atoms with Crippen molar-refractivity contribution >= 4 is 21.6 Å². The van der Waals surface area contributed by atoms with E-state index in [4.69, 9.17) is 14.2 Å². The molecule has 1 N–H and O–H groups in total. The van der Waals surface area contributed by atoms with Crippen LogP contribution in [0.4, 0.5) is 5.69 Å². The van der Waals surface area contributed by atoms with Gasteiger partial charge >= 0.3 is 0 Å². The minimum absolute atomic E-state index is 0.0878. The number of benzene rings is 2. The maximum atomic E-state index is 13.0. The van der Waals surface area contributed by atoms with Gasteiger partial charge in [0.2, 0.25) is 10.0 Å². The van der Waals surface area contributed by atoms with E-state index in [1.807, 2.05) is 24.3 Å². The predicted molar refractivity (Wildman–Crippen MR) is 125 cm³/mol. The zero-order chi connectivity index (χ0) is 23.8. The number of nitrogens with one attached hydrogen (secondary N) is 1. The lowest BCUT2D eigenvalue weighted by Crippen LogP contribution is -2.36. The van der Waals surface area contributed by atoms with Crippen molar-refractivity contribution in [3.05, 3.63) is 53.6 Å². The fraction of sp³-hybridized carbons (Fsp3) is 0.435. The van der Waals surface area contributed by atoms with Gasteiger partial charge in [0.1, 0.15) is 10.6 Å². The molecule has 2 aromatic carbocycles. The molecule has 180 valence electrons. The van der Waals surface area contributed by atoms with Crippen molar-refractivity contribution in [1.29, 1.82) is 0 Å². The van der Waals surface area contributed by atoms with Crippen LogP contribution in [-0.4, -0.2) is 79.9 Å². The molecule has 33 heavy (non-hydrogen) atoms. The number of methoxy groups -OCH3 is 2. The molecular formula is C23H31N3O6S. The number of nitrogens with zero attached hydrogens (tertiary/aromatic N) is 2. The first-order valence-electron chi connectivity index (χ1n) is 10.7. The van der Waals surface area contributed by atoms with Crippen LogP contribution in [-0.2, 0) is 26.0 Å². The molecule has 0 radical (unpaired) electrons. The maximum absolute atomic E-state index is 13.0. The van der Waals surface area contributed by atoms with Gasteiger partial charge in [0, 0.05) is 51.6 Å². The molecule has 0 unspecified atom stereocenters. The van der Waals surface area contributed by atoms with E-state index < -0.39 is 10.0 Å². The number of hydrogen-bond acceptors (Lipinski definition) is 7. The van der Waals surface area contributed by atoms with Crippen LogP contribution >= 0.6 is 0 Å². The zero-order valence-electron chi connectivity index (χ0n) is 19.2. The van der Waals surface area contributed by atoms with Crippen molar-refractivity contribution in [2.24, 2.45) is 0 Å². The zero-order valence-corrected chi connectivity index (χ0v) is 20.1. The van der Waals surface area contributed by atoms with Crippen molar-refractivity contribution in [2.75, 3.05) is 65.6 Å². The normalized spacial score (nSPS) is 14.2. The highest BCUT2D eigenvalue weighted by Gasteiger charge is 2.22. The second-order valence-electron chi connectivity index (χ2n) is 7.68. The van der Waals surface area contributed by atoms with Crippen molar-refractivity contribution in [1.82, 2.24) is 9.62 Å². The van der Waals surface area contributed by atoms with E-state index >= 15 is 0 Å². The first-order chi connectivity index (χ1) is 15.9. The Labute approximate surface area is 195 Å². The molecule has 1 fully saturated rings. The summed E-state index contributed by atoms with van der Waals surface area (Å²) >= 11 is 0. The van der Waals surface area contributed by atoms with Crippen molar-refractivity contribution < 1.29 is 27.4 Å². The van der Waals surface area contributed by atoms with Gasteiger partial charge in [0.25, 0.3) is 5.91 Å². The molecule has 2 aromatic rings. The Morgan fingerprint density at radius 1 is 1.12 bits per heavy atom. The number of rotatable bonds is 10. The van der Waals surface area contributed by atoms with Crippen LogP contribution in [0.5, 0.6) is 5.75 Å². The Balaban J connectivity index is 1.72. The summed E-state index contributed by atoms with van der Waals surface area (Å²) in [6, 6.07) is 12.5. The first kappa shape index (κ1) is 25.0. The lowest BCUT2D eigenvalue weighted by molar-refractivity contribution is 0.0784. The van der Waals surface area contributed by atoms with Crippen LogP contribution in [0.1, 0.15) is 15.9 Å². The second kappa shape index (κ2) is 11.5. The number of ether oxygens (including phenoxy) is 3. The summed E-state index contributed by atoms with van der Waals surface area (Å²) in [5.41, 5.74) is 2.36. The van der Waals surface area contributed by atoms with E-state index in [1.165, 1.54) is 26.4 Å². The standard InChI is InChI=1S/C23H31N3O6S/c1-25(17-18-4-7-20(8-5-18)26-11-14-32-15-12-26)23(27)19-6-9-21(31-3)22(16-19)33(28,29)24-10-13-30-2/h4-9,16,24H,10-15,17H2,1-3H3. The smallest absolute Gasteiger partial charge is 0.253 e. The first-order valence-corrected chi connectivity index (χ1v) is 12.2. The molecule has 0 saturated carbocycles. The molecule has 1 saturated heterocycles. The molecule has 0 bridgehead atoms. The van der Waals surface area contributed by atoms with E-state index in [1.54, 1.807) is 18.0 Å². The van der Waals surface area contributed by atoms with Crippen LogP contribution in [0.25, 0.3) is 0 Å². The predicted octanol–water partition coefficient (Wildman–Crippen LogP) is 1.73. The fourth-order valence-corrected chi connectivity index (χ4v) is 4.78. The summed E-state index contributed by atoms with van der Waals surface area (Å²) in [6.45, 7) is 3.90. The Kier molecular flexibility index (Phi) is 8.67. The molecule has 1 amide bonds. The Morgan fingerprint density at radius 2 is 1.82 bits per heavy atom. The summed E-state index contributed by atoms with van der Waals surface area (Å²) in [4.78, 5) is 16.8. The van der Waals surface area contributed by atoms with E-state index in [0.717, 1.165) is 37.6 Å². The highest BCUT2D eigenvalue weighted by Crippen LogP contribution is 2.26. The van der Waals surface area contributed by atoms with Crippen molar-refractivity contribution in [2.45, 2.75) is 11.4 Å². The summed E-state index contributed by atoms with van der Waals surface area (Å²) in [7, 11) is 0.690. The van der Waals surface area contributed by atoms with Gasteiger partial charge in [-0.25, -0.2) is 13.1 Å². The highest BCUT2D eigenvalue weighted by atomic mass is 32.2. The molecular weight excluding hydrogens is 446 g/mol. The number of carbonyl (C=O) groups is 1. The third kappa shape index (κ3) is 6.44. The van der Waals surface area contributed by atoms with Gasteiger partial charge in [-0.15, -0.1) is 0 Å². The summed E-state index contributed by atoms with van der Waals surface area (Å²) in [6.07, 6.45) is 0. The number of sulfonamides is 1. The van der Waals surface area contributed by atoms with Gasteiger partial charge in [0.05, 0.1) is 26.9 Å². The van der Waals surface area contributed by atoms with Gasteiger partial charge in [-0.3, -0.25) is 4.79 Å². The van der Waals surface area contributed by atoms with Gasteiger partial charge in [0.15, 0.2) is 0 Å². The minimum Gasteiger partial charge on any atom is -0.495 e. The molecule has 0 aromatic heterocycles. The third-order valence-electron chi connectivity index (χ3n) is 5.38. The molecule has 0 spiro atoms. The molecule has 10 heteroatoms. The van der Waals surface area contributed by atoms with E-state index in [2.05, 4.69) is 9.62 Å². The summed E-state index contributed by atoms with van der Waals surface area (Å²) in [5, 5.41) is 0. The van der Waals surface area contributed by atoms with E-state index in [-0.39, 0.29) is 35.3 Å². The molecule has 1 aliphatic heterocycles. The van der Waals surface area contributed by atoms with Crippen LogP contribution in [0.2, 0.25) is 0 Å². The van der Waals surface area contributed by atoms with Gasteiger partial charge in [-0.1, -0.05) is 12.1 Å². The van der Waals surface area contributed by atoms with E-state index in [9.17, 15) is 13.2 Å². The lowest BCUT2D eigenvalue weighted by atomic mass is 10.1. The van der Waals surface area contributed by atoms with E-state index in [0.29, 0.717) is 6.54 Å². The average Bonchev–Trinajstić information content (AvgIpc) is 2.84. The van der Waals surface area contributed by atoms with Crippen LogP contribution < -0.4 is 14.4 Å². The monoisotopic (exact) mass is 477 g/mol. The van der Waals surface area contributed by atoms with Crippen LogP contribution in [0.15, 0.2) is 47.4 Å². The summed E-state index contributed by atoms with van der Waals surface area (Å²) in [5.74, 6) is -0.124. The Bertz CT molecular complexity index is 1040. The molecule has 9 nitrogen and oxygen atoms in total. The number of carbonyl (C=O) groups excluding carboxylic acids is 1. The summed E-state index contributed by atoms with van der Waals surface area (Å²) < 4.78 is 43.3. The molecule has 0 atom stereocenters. The van der Waals surface area contributed by atoms with Gasteiger partial charge < -0.3 is 24.0 Å².